The molecule has 0 radical (unpaired) electrons. The molecule has 0 saturated carbocycles. The number of carbonyl (C=O) groups is 1. The van der Waals surface area contributed by atoms with Gasteiger partial charge in [-0.1, -0.05) is 29.8 Å². The van der Waals surface area contributed by atoms with E-state index in [0.29, 0.717) is 0 Å². The highest BCUT2D eigenvalue weighted by atomic mass is 35.5. The second-order valence-electron chi connectivity index (χ2n) is 3.12. The van der Waals surface area contributed by atoms with Gasteiger partial charge in [0.2, 0.25) is 0 Å². The molecule has 0 amide bonds. The zero-order chi connectivity index (χ0) is 9.84. The van der Waals surface area contributed by atoms with Crippen LogP contribution in [0.2, 0.25) is 0 Å². The van der Waals surface area contributed by atoms with E-state index in [9.17, 15) is 4.79 Å². The van der Waals surface area contributed by atoms with Gasteiger partial charge in [0.25, 0.3) is 0 Å². The standard InChI is InChI=1S/C10H13NO2.ClH/c1-7-2-4-8(5-3-7)9(11)6-10(12)13;/h2-5,9H,6,11H2,1H3,(H,12,13);1H/t9-;/m1./s1. The Bertz CT molecular complexity index is 297. The molecule has 1 atom stereocenters. The highest BCUT2D eigenvalue weighted by Gasteiger charge is 2.09. The fourth-order valence-corrected chi connectivity index (χ4v) is 1.12. The molecule has 4 heteroatoms. The van der Waals surface area contributed by atoms with E-state index in [1.165, 1.54) is 0 Å². The molecule has 3 N–H and O–H groups in total. The van der Waals surface area contributed by atoms with Crippen molar-refractivity contribution < 1.29 is 9.90 Å². The van der Waals surface area contributed by atoms with E-state index in [2.05, 4.69) is 0 Å². The number of aliphatic carboxylic acids is 1. The Balaban J connectivity index is 0.00000169. The van der Waals surface area contributed by atoms with Crippen molar-refractivity contribution in [3.05, 3.63) is 35.4 Å². The molecule has 0 aliphatic carbocycles. The molecule has 0 heterocycles. The van der Waals surface area contributed by atoms with Gasteiger partial charge in [0, 0.05) is 6.04 Å². The molecule has 1 aromatic rings. The smallest absolute Gasteiger partial charge is 0.305 e. The van der Waals surface area contributed by atoms with Gasteiger partial charge in [0.05, 0.1) is 6.42 Å². The van der Waals surface area contributed by atoms with Gasteiger partial charge in [-0.3, -0.25) is 4.79 Å². The van der Waals surface area contributed by atoms with Crippen LogP contribution >= 0.6 is 12.4 Å². The van der Waals surface area contributed by atoms with Crippen LogP contribution in [-0.4, -0.2) is 11.1 Å². The summed E-state index contributed by atoms with van der Waals surface area (Å²) in [4.78, 5) is 10.4. The zero-order valence-corrected chi connectivity index (χ0v) is 8.75. The summed E-state index contributed by atoms with van der Waals surface area (Å²) in [5.41, 5.74) is 7.68. The van der Waals surface area contributed by atoms with Gasteiger partial charge in [-0.2, -0.15) is 0 Å². The van der Waals surface area contributed by atoms with Gasteiger partial charge >= 0.3 is 5.97 Å². The van der Waals surface area contributed by atoms with Crippen molar-refractivity contribution in [3.63, 3.8) is 0 Å². The van der Waals surface area contributed by atoms with Crippen LogP contribution in [0, 0.1) is 6.92 Å². The first-order chi connectivity index (χ1) is 6.09. The predicted octanol–water partition coefficient (Wildman–Crippen LogP) is 1.89. The highest BCUT2D eigenvalue weighted by Crippen LogP contribution is 2.14. The Labute approximate surface area is 89.3 Å². The molecule has 0 fully saturated rings. The Morgan fingerprint density at radius 3 is 2.36 bits per heavy atom. The summed E-state index contributed by atoms with van der Waals surface area (Å²) in [6.07, 6.45) is -0.0247. The van der Waals surface area contributed by atoms with E-state index in [4.69, 9.17) is 10.8 Å². The van der Waals surface area contributed by atoms with Crippen molar-refractivity contribution in [3.8, 4) is 0 Å². The third kappa shape index (κ3) is 3.77. The van der Waals surface area contributed by atoms with E-state index in [1.807, 2.05) is 31.2 Å². The van der Waals surface area contributed by atoms with Crippen molar-refractivity contribution in [1.29, 1.82) is 0 Å². The van der Waals surface area contributed by atoms with Crippen LogP contribution in [0.3, 0.4) is 0 Å². The lowest BCUT2D eigenvalue weighted by atomic mass is 10.0. The Hall–Kier alpha value is -1.06. The van der Waals surface area contributed by atoms with E-state index in [0.717, 1.165) is 11.1 Å². The average Bonchev–Trinajstić information content (AvgIpc) is 2.04. The monoisotopic (exact) mass is 215 g/mol. The second kappa shape index (κ2) is 5.62. The van der Waals surface area contributed by atoms with Crippen LogP contribution < -0.4 is 5.73 Å². The molecule has 0 aliphatic rings. The molecular formula is C10H14ClNO2. The fraction of sp³-hybridized carbons (Fsp3) is 0.300. The number of rotatable bonds is 3. The highest BCUT2D eigenvalue weighted by molar-refractivity contribution is 5.85. The van der Waals surface area contributed by atoms with Crippen molar-refractivity contribution in [1.82, 2.24) is 0 Å². The zero-order valence-electron chi connectivity index (χ0n) is 7.93. The average molecular weight is 216 g/mol. The van der Waals surface area contributed by atoms with Crippen LogP contribution in [0.4, 0.5) is 0 Å². The van der Waals surface area contributed by atoms with E-state index in [1.54, 1.807) is 0 Å². The second-order valence-corrected chi connectivity index (χ2v) is 3.12. The van der Waals surface area contributed by atoms with Gasteiger partial charge in [0.15, 0.2) is 0 Å². The summed E-state index contributed by atoms with van der Waals surface area (Å²) in [6, 6.07) is 7.18. The van der Waals surface area contributed by atoms with Crippen molar-refractivity contribution in [2.45, 2.75) is 19.4 Å². The number of carboxylic acids is 1. The number of hydrogen-bond donors (Lipinski definition) is 2. The molecule has 3 nitrogen and oxygen atoms in total. The van der Waals surface area contributed by atoms with Crippen LogP contribution in [0.5, 0.6) is 0 Å². The molecule has 1 rings (SSSR count). The topological polar surface area (TPSA) is 63.3 Å². The maximum atomic E-state index is 10.4. The summed E-state index contributed by atoms with van der Waals surface area (Å²) < 4.78 is 0. The number of nitrogens with two attached hydrogens (primary N) is 1. The number of aryl methyl sites for hydroxylation is 1. The summed E-state index contributed by atoms with van der Waals surface area (Å²) in [7, 11) is 0. The first-order valence-electron chi connectivity index (χ1n) is 4.13. The lowest BCUT2D eigenvalue weighted by molar-refractivity contribution is -0.137. The summed E-state index contributed by atoms with van der Waals surface area (Å²) >= 11 is 0. The van der Waals surface area contributed by atoms with Crippen molar-refractivity contribution in [2.75, 3.05) is 0 Å². The Morgan fingerprint density at radius 2 is 1.93 bits per heavy atom. The molecule has 78 valence electrons. The minimum absolute atomic E-state index is 0. The minimum atomic E-state index is -0.868. The molecule has 1 aromatic carbocycles. The van der Waals surface area contributed by atoms with Crippen LogP contribution in [-0.2, 0) is 4.79 Å². The summed E-state index contributed by atoms with van der Waals surface area (Å²) in [5, 5.41) is 8.52. The molecule has 0 bridgehead atoms. The Kier molecular flexibility index (Phi) is 5.20. The molecule has 0 aliphatic heterocycles. The minimum Gasteiger partial charge on any atom is -0.481 e. The maximum absolute atomic E-state index is 10.4. The molecule has 0 unspecified atom stereocenters. The SMILES string of the molecule is Cc1ccc([C@H](N)CC(=O)O)cc1.Cl. The molecule has 14 heavy (non-hydrogen) atoms. The van der Waals surface area contributed by atoms with Crippen LogP contribution in [0.15, 0.2) is 24.3 Å². The lowest BCUT2D eigenvalue weighted by Crippen LogP contribution is -2.14. The van der Waals surface area contributed by atoms with E-state index in [-0.39, 0.29) is 18.8 Å². The van der Waals surface area contributed by atoms with Gasteiger partial charge < -0.3 is 10.8 Å². The van der Waals surface area contributed by atoms with Crippen molar-refractivity contribution in [2.24, 2.45) is 5.73 Å². The third-order valence-electron chi connectivity index (χ3n) is 1.90. The third-order valence-corrected chi connectivity index (χ3v) is 1.90. The summed E-state index contributed by atoms with van der Waals surface area (Å²) in [5.74, 6) is -0.868. The first-order valence-corrected chi connectivity index (χ1v) is 4.13. The lowest BCUT2D eigenvalue weighted by Gasteiger charge is -2.08. The van der Waals surface area contributed by atoms with Gasteiger partial charge in [0.1, 0.15) is 0 Å². The number of hydrogen-bond acceptors (Lipinski definition) is 2. The molecular weight excluding hydrogens is 202 g/mol. The molecule has 0 saturated heterocycles. The maximum Gasteiger partial charge on any atom is 0.305 e. The quantitative estimate of drug-likeness (QED) is 0.810. The Morgan fingerprint density at radius 1 is 1.43 bits per heavy atom. The molecule has 0 aromatic heterocycles. The predicted molar refractivity (Wildman–Crippen MR) is 57.6 cm³/mol. The number of carboxylic acid groups (broad SMARTS) is 1. The number of halogens is 1. The van der Waals surface area contributed by atoms with Gasteiger partial charge in [-0.25, -0.2) is 0 Å². The normalized spacial score (nSPS) is 11.6. The van der Waals surface area contributed by atoms with E-state index >= 15 is 0 Å². The number of benzene rings is 1. The van der Waals surface area contributed by atoms with Gasteiger partial charge in [-0.05, 0) is 12.5 Å². The van der Waals surface area contributed by atoms with Crippen LogP contribution in [0.1, 0.15) is 23.6 Å². The molecule has 0 spiro atoms. The largest absolute Gasteiger partial charge is 0.481 e. The van der Waals surface area contributed by atoms with Crippen LogP contribution in [0.25, 0.3) is 0 Å². The van der Waals surface area contributed by atoms with Crippen molar-refractivity contribution >= 4 is 18.4 Å². The summed E-state index contributed by atoms with van der Waals surface area (Å²) in [6.45, 7) is 1.98. The first kappa shape index (κ1) is 12.9. The van der Waals surface area contributed by atoms with E-state index < -0.39 is 12.0 Å². The fourth-order valence-electron chi connectivity index (χ4n) is 1.12. The van der Waals surface area contributed by atoms with Gasteiger partial charge in [-0.15, -0.1) is 12.4 Å².